The van der Waals surface area contributed by atoms with Gasteiger partial charge in [0.15, 0.2) is 5.78 Å². The number of nitrogens with one attached hydrogen (secondary N) is 3. The molecule has 44 heavy (non-hydrogen) atoms. The van der Waals surface area contributed by atoms with Gasteiger partial charge >= 0.3 is 5.97 Å². The molecule has 3 fully saturated rings. The zero-order valence-electron chi connectivity index (χ0n) is 27.1. The summed E-state index contributed by atoms with van der Waals surface area (Å²) >= 11 is 3.59. The quantitative estimate of drug-likeness (QED) is 0.279. The molecule has 3 heterocycles. The van der Waals surface area contributed by atoms with Crippen molar-refractivity contribution in [2.45, 2.75) is 109 Å². The Bertz CT molecular complexity index is 1280. The Hall–Kier alpha value is -2.47. The van der Waals surface area contributed by atoms with Crippen LogP contribution < -0.4 is 10.6 Å². The van der Waals surface area contributed by atoms with Crippen LogP contribution in [-0.2, 0) is 19.1 Å². The molecule has 1 aromatic rings. The number of ketones is 1. The Labute approximate surface area is 269 Å². The number of aromatic nitrogens is 1. The van der Waals surface area contributed by atoms with Crippen LogP contribution in [0.15, 0.2) is 0 Å². The van der Waals surface area contributed by atoms with E-state index in [9.17, 15) is 24.0 Å². The summed E-state index contributed by atoms with van der Waals surface area (Å²) in [4.78, 5) is 72.1. The van der Waals surface area contributed by atoms with Crippen LogP contribution in [0.5, 0.6) is 0 Å². The molecule has 3 aliphatic rings. The third-order valence-corrected chi connectivity index (χ3v) is 12.6. The summed E-state index contributed by atoms with van der Waals surface area (Å²) in [6.45, 7) is 11.1. The van der Waals surface area contributed by atoms with E-state index in [0.717, 1.165) is 55.7 Å². The topological polar surface area (TPSA) is 138 Å². The highest BCUT2D eigenvalue weighted by atomic mass is 32.2. The first kappa shape index (κ1) is 34.4. The first-order valence-corrected chi connectivity index (χ1v) is 17.6. The van der Waals surface area contributed by atoms with E-state index in [-0.39, 0.29) is 27.4 Å². The number of thioether (sulfide) groups is 2. The summed E-state index contributed by atoms with van der Waals surface area (Å²) in [5.41, 5.74) is 1.20. The van der Waals surface area contributed by atoms with Crippen LogP contribution in [0.4, 0.5) is 0 Å². The van der Waals surface area contributed by atoms with Crippen LogP contribution in [0.1, 0.15) is 105 Å². The zero-order chi connectivity index (χ0) is 32.4. The van der Waals surface area contributed by atoms with Crippen LogP contribution >= 0.6 is 23.5 Å². The minimum absolute atomic E-state index is 0.116. The molecule has 3 amide bonds. The van der Waals surface area contributed by atoms with E-state index in [4.69, 9.17) is 4.74 Å². The molecule has 1 spiro atoms. The molecule has 2 aliphatic heterocycles. The number of H-pyrrole nitrogens is 1. The number of likely N-dealkylation sites (tertiary alicyclic amines) is 1. The van der Waals surface area contributed by atoms with Crippen LogP contribution in [0.3, 0.4) is 0 Å². The van der Waals surface area contributed by atoms with Gasteiger partial charge in [0, 0.05) is 18.7 Å². The third kappa shape index (κ3) is 7.32. The highest BCUT2D eigenvalue weighted by Gasteiger charge is 2.53. The van der Waals surface area contributed by atoms with E-state index >= 15 is 0 Å². The monoisotopic (exact) mass is 648 g/mol. The normalized spacial score (nSPS) is 21.9. The van der Waals surface area contributed by atoms with E-state index in [1.165, 1.54) is 14.0 Å². The van der Waals surface area contributed by atoms with Gasteiger partial charge in [0.2, 0.25) is 11.8 Å². The number of esters is 1. The Morgan fingerprint density at radius 3 is 2.20 bits per heavy atom. The van der Waals surface area contributed by atoms with E-state index in [0.29, 0.717) is 24.1 Å². The number of rotatable bonds is 8. The van der Waals surface area contributed by atoms with Gasteiger partial charge in [0.05, 0.1) is 16.8 Å². The molecule has 3 N–H and O–H groups in total. The second-order valence-electron chi connectivity index (χ2n) is 13.5. The summed E-state index contributed by atoms with van der Waals surface area (Å²) < 4.78 is 4.84. The van der Waals surface area contributed by atoms with Gasteiger partial charge in [-0.2, -0.15) is 0 Å². The number of methoxy groups -OCH3 is 1. The Balaban J connectivity index is 1.62. The molecule has 2 saturated heterocycles. The number of carbonyl (C=O) groups excluding carboxylic acids is 5. The summed E-state index contributed by atoms with van der Waals surface area (Å²) in [5, 5.41) is 5.97. The van der Waals surface area contributed by atoms with Crippen LogP contribution in [0.25, 0.3) is 0 Å². The van der Waals surface area contributed by atoms with Crippen LogP contribution in [0, 0.1) is 25.2 Å². The van der Waals surface area contributed by atoms with Crippen molar-refractivity contribution in [3.63, 3.8) is 0 Å². The standard InChI is InChI=1S/C32H48N4O6S2/c1-18-19(2)33-25(23(18)20(3)37)28(39)34-24(21-12-9-8-10-13-21)27(38)35-26(31(4,5)6)29(40)36-17-32(43-14-11-15-44-32)16-22(36)30(41)42-7/h21-22,24,26,33H,8-17H2,1-7H3,(H,34,39)(H,35,38). The Morgan fingerprint density at radius 1 is 1.00 bits per heavy atom. The van der Waals surface area contributed by atoms with Crippen molar-refractivity contribution in [3.8, 4) is 0 Å². The number of carbonyl (C=O) groups is 5. The second kappa shape index (κ2) is 13.9. The largest absolute Gasteiger partial charge is 0.467 e. The van der Waals surface area contributed by atoms with Gasteiger partial charge in [-0.1, -0.05) is 40.0 Å². The first-order chi connectivity index (χ1) is 20.7. The fraction of sp³-hybridized carbons (Fsp3) is 0.719. The van der Waals surface area contributed by atoms with Crippen molar-refractivity contribution in [2.75, 3.05) is 25.2 Å². The average Bonchev–Trinajstić information content (AvgIpc) is 3.50. The maximum absolute atomic E-state index is 14.3. The number of amides is 3. The van der Waals surface area contributed by atoms with Gasteiger partial charge in [-0.3, -0.25) is 19.2 Å². The van der Waals surface area contributed by atoms with Gasteiger partial charge in [-0.25, -0.2) is 4.79 Å². The summed E-state index contributed by atoms with van der Waals surface area (Å²) in [6, 6.07) is -2.57. The number of Topliss-reactive ketones (excluding diaryl/α,β-unsaturated/α-hetero) is 1. The molecule has 0 aromatic carbocycles. The lowest BCUT2D eigenvalue weighted by Gasteiger charge is -2.38. The molecule has 0 bridgehead atoms. The van der Waals surface area contributed by atoms with Crippen LogP contribution in [0.2, 0.25) is 0 Å². The van der Waals surface area contributed by atoms with Crippen molar-refractivity contribution >= 4 is 53.0 Å². The lowest BCUT2D eigenvalue weighted by Crippen LogP contribution is -2.61. The summed E-state index contributed by atoms with van der Waals surface area (Å²) in [7, 11) is 1.34. The molecule has 1 aliphatic carbocycles. The minimum Gasteiger partial charge on any atom is -0.467 e. The fourth-order valence-corrected chi connectivity index (χ4v) is 10.0. The number of aromatic amines is 1. The first-order valence-electron chi connectivity index (χ1n) is 15.7. The second-order valence-corrected chi connectivity index (χ2v) is 16.7. The maximum atomic E-state index is 14.3. The molecular weight excluding hydrogens is 601 g/mol. The highest BCUT2D eigenvalue weighted by Crippen LogP contribution is 2.50. The molecular formula is C32H48N4O6S2. The molecule has 12 heteroatoms. The van der Waals surface area contributed by atoms with Gasteiger partial charge in [0.25, 0.3) is 5.91 Å². The number of hydrogen-bond acceptors (Lipinski definition) is 8. The predicted octanol–water partition coefficient (Wildman–Crippen LogP) is 4.38. The van der Waals surface area contributed by atoms with Crippen molar-refractivity contribution in [1.29, 1.82) is 0 Å². The minimum atomic E-state index is -0.943. The van der Waals surface area contributed by atoms with Crippen molar-refractivity contribution < 1.29 is 28.7 Å². The molecule has 1 aromatic heterocycles. The van der Waals surface area contributed by atoms with Crippen molar-refractivity contribution in [2.24, 2.45) is 11.3 Å². The molecule has 3 unspecified atom stereocenters. The Morgan fingerprint density at radius 2 is 1.64 bits per heavy atom. The smallest absolute Gasteiger partial charge is 0.328 e. The van der Waals surface area contributed by atoms with Crippen molar-refractivity contribution in [1.82, 2.24) is 20.5 Å². The number of nitrogens with zero attached hydrogens (tertiary/aromatic N) is 1. The summed E-state index contributed by atoms with van der Waals surface area (Å²) in [5.74, 6) is -0.144. The maximum Gasteiger partial charge on any atom is 0.328 e. The fourth-order valence-electron chi connectivity index (χ4n) is 6.70. The third-order valence-electron chi connectivity index (χ3n) is 9.24. The van der Waals surface area contributed by atoms with Gasteiger partial charge in [-0.05, 0) is 68.4 Å². The number of ether oxygens (including phenoxy) is 1. The van der Waals surface area contributed by atoms with Crippen molar-refractivity contribution in [3.05, 3.63) is 22.5 Å². The number of hydrogen-bond donors (Lipinski definition) is 3. The average molecular weight is 649 g/mol. The van der Waals surface area contributed by atoms with Gasteiger partial charge in [0.1, 0.15) is 23.8 Å². The van der Waals surface area contributed by atoms with E-state index < -0.39 is 41.3 Å². The van der Waals surface area contributed by atoms with Gasteiger partial charge in [-0.15, -0.1) is 23.5 Å². The zero-order valence-corrected chi connectivity index (χ0v) is 28.7. The van der Waals surface area contributed by atoms with Crippen LogP contribution in [-0.4, -0.2) is 86.7 Å². The predicted molar refractivity (Wildman–Crippen MR) is 174 cm³/mol. The highest BCUT2D eigenvalue weighted by molar-refractivity contribution is 8.18. The molecule has 1 saturated carbocycles. The van der Waals surface area contributed by atoms with Gasteiger partial charge < -0.3 is 25.3 Å². The Kier molecular flexibility index (Phi) is 10.9. The van der Waals surface area contributed by atoms with E-state index in [1.807, 2.05) is 20.8 Å². The molecule has 3 atom stereocenters. The molecule has 10 nitrogen and oxygen atoms in total. The lowest BCUT2D eigenvalue weighted by atomic mass is 9.82. The van der Waals surface area contributed by atoms with E-state index in [2.05, 4.69) is 15.6 Å². The summed E-state index contributed by atoms with van der Waals surface area (Å²) in [6.07, 6.45) is 6.06. The lowest BCUT2D eigenvalue weighted by molar-refractivity contribution is -0.153. The molecule has 4 rings (SSSR count). The van der Waals surface area contributed by atoms with E-state index in [1.54, 1.807) is 42.3 Å². The molecule has 244 valence electrons. The SMILES string of the molecule is COC(=O)C1CC2(CN1C(=O)C(NC(=O)C(NC(=O)c1[nH]c(C)c(C)c1C(C)=O)C1CCCCC1)C(C)(C)C)SCCCS2. The molecule has 0 radical (unpaired) electrons. The number of aryl methyl sites for hydroxylation is 1.